The van der Waals surface area contributed by atoms with Crippen LogP contribution in [0.5, 0.6) is 0 Å². The molecule has 1 heterocycles. The largest absolute Gasteiger partial charge is 0.452 e. The molecule has 0 amide bonds. The molecule has 0 saturated carbocycles. The van der Waals surface area contributed by atoms with Gasteiger partial charge in [0, 0.05) is 5.02 Å². The average Bonchev–Trinajstić information content (AvgIpc) is 2.61. The molecule has 0 N–H and O–H groups in total. The molecule has 86 valence electrons. The summed E-state index contributed by atoms with van der Waals surface area (Å²) in [4.78, 5) is 0. The molecule has 0 spiro atoms. The molecule has 1 unspecified atom stereocenters. The molecule has 1 aromatic carbocycles. The Hall–Kier alpha value is -0.380. The Labute approximate surface area is 112 Å². The predicted octanol–water partition coefficient (Wildman–Crippen LogP) is 4.45. The fraction of sp³-hybridized carbons (Fsp3) is 0.273. The minimum Gasteiger partial charge on any atom is -0.452 e. The third-order valence-electron chi connectivity index (χ3n) is 2.26. The lowest BCUT2D eigenvalue weighted by molar-refractivity contribution is -0.134. The van der Waals surface area contributed by atoms with Gasteiger partial charge in [0.1, 0.15) is 12.0 Å². The van der Waals surface area contributed by atoms with Crippen LogP contribution in [-0.2, 0) is 15.3 Å². The summed E-state index contributed by atoms with van der Waals surface area (Å²) in [7, 11) is 0. The Bertz CT molecular complexity index is 448. The second-order valence-corrected chi connectivity index (χ2v) is 4.86. The first-order valence-corrected chi connectivity index (χ1v) is 6.50. The maximum Gasteiger partial charge on any atom is 0.288 e. The van der Waals surface area contributed by atoms with Crippen molar-refractivity contribution >= 4 is 39.1 Å². The van der Waals surface area contributed by atoms with Crippen molar-refractivity contribution in [2.75, 3.05) is 5.33 Å². The van der Waals surface area contributed by atoms with Crippen LogP contribution in [0.1, 0.15) is 12.5 Å². The monoisotopic (exact) mass is 322 g/mol. The average molecular weight is 324 g/mol. The summed E-state index contributed by atoms with van der Waals surface area (Å²) < 4.78 is 11.2. The lowest BCUT2D eigenvalue weighted by Crippen LogP contribution is -2.29. The molecule has 1 aliphatic heterocycles. The zero-order valence-corrected chi connectivity index (χ0v) is 11.6. The highest BCUT2D eigenvalue weighted by Gasteiger charge is 2.40. The van der Waals surface area contributed by atoms with Crippen LogP contribution in [0.15, 0.2) is 30.2 Å². The van der Waals surface area contributed by atoms with Gasteiger partial charge < -0.3 is 9.47 Å². The van der Waals surface area contributed by atoms with E-state index in [1.165, 1.54) is 0 Å². The van der Waals surface area contributed by atoms with Gasteiger partial charge in [-0.25, -0.2) is 0 Å². The second-order valence-electron chi connectivity index (χ2n) is 3.46. The lowest BCUT2D eigenvalue weighted by atomic mass is 10.1. The Morgan fingerprint density at radius 3 is 2.62 bits per heavy atom. The van der Waals surface area contributed by atoms with Crippen LogP contribution >= 0.6 is 39.1 Å². The number of halogens is 3. The maximum atomic E-state index is 6.14. The summed E-state index contributed by atoms with van der Waals surface area (Å²) >= 11 is 15.4. The molecule has 1 aromatic rings. The summed E-state index contributed by atoms with van der Waals surface area (Å²) in [5.74, 6) is -0.170. The SMILES string of the molecule is CC1=COC(CBr)(c2ccc(Cl)cc2Cl)O1. The van der Waals surface area contributed by atoms with Crippen molar-refractivity contribution in [3.05, 3.63) is 45.8 Å². The number of hydrogen-bond acceptors (Lipinski definition) is 2. The third kappa shape index (κ3) is 2.04. The maximum absolute atomic E-state index is 6.14. The molecule has 16 heavy (non-hydrogen) atoms. The number of allylic oxidation sites excluding steroid dienone is 1. The van der Waals surface area contributed by atoms with Gasteiger partial charge in [-0.05, 0) is 25.1 Å². The Kier molecular flexibility index (Phi) is 3.38. The minimum atomic E-state index is -0.883. The van der Waals surface area contributed by atoms with Gasteiger partial charge in [-0.1, -0.05) is 39.1 Å². The molecule has 0 aromatic heterocycles. The smallest absolute Gasteiger partial charge is 0.288 e. The third-order valence-corrected chi connectivity index (χ3v) is 3.54. The zero-order chi connectivity index (χ0) is 11.8. The van der Waals surface area contributed by atoms with Gasteiger partial charge in [-0.3, -0.25) is 0 Å². The van der Waals surface area contributed by atoms with E-state index in [0.29, 0.717) is 21.1 Å². The van der Waals surface area contributed by atoms with Crippen molar-refractivity contribution in [3.63, 3.8) is 0 Å². The first kappa shape index (κ1) is 12.1. The number of hydrogen-bond donors (Lipinski definition) is 0. The van der Waals surface area contributed by atoms with Crippen molar-refractivity contribution in [3.8, 4) is 0 Å². The summed E-state index contributed by atoms with van der Waals surface area (Å²) in [6, 6.07) is 5.23. The normalized spacial score (nSPS) is 23.6. The van der Waals surface area contributed by atoms with Crippen LogP contribution in [0, 0.1) is 0 Å². The van der Waals surface area contributed by atoms with Crippen LogP contribution in [0.25, 0.3) is 0 Å². The highest BCUT2D eigenvalue weighted by molar-refractivity contribution is 9.09. The molecular formula is C11H9BrCl2O2. The van der Waals surface area contributed by atoms with Gasteiger partial charge in [-0.15, -0.1) is 0 Å². The van der Waals surface area contributed by atoms with Crippen molar-refractivity contribution in [2.24, 2.45) is 0 Å². The molecule has 1 atom stereocenters. The Balaban J connectivity index is 2.42. The molecule has 0 saturated heterocycles. The van der Waals surface area contributed by atoms with Crippen molar-refractivity contribution in [1.82, 2.24) is 0 Å². The van der Waals surface area contributed by atoms with E-state index >= 15 is 0 Å². The number of alkyl halides is 1. The van der Waals surface area contributed by atoms with E-state index in [1.807, 2.05) is 6.92 Å². The quantitative estimate of drug-likeness (QED) is 0.749. The van der Waals surface area contributed by atoms with Crippen LogP contribution in [-0.4, -0.2) is 5.33 Å². The second kappa shape index (κ2) is 4.47. The summed E-state index contributed by atoms with van der Waals surface area (Å²) in [5, 5.41) is 1.59. The summed E-state index contributed by atoms with van der Waals surface area (Å²) in [6.07, 6.45) is 1.58. The zero-order valence-electron chi connectivity index (χ0n) is 8.47. The van der Waals surface area contributed by atoms with Gasteiger partial charge in [-0.2, -0.15) is 0 Å². The molecule has 2 rings (SSSR count). The molecule has 0 bridgehead atoms. The predicted molar refractivity (Wildman–Crippen MR) is 67.9 cm³/mol. The van der Waals surface area contributed by atoms with E-state index in [0.717, 1.165) is 5.56 Å². The van der Waals surface area contributed by atoms with Crippen molar-refractivity contribution < 1.29 is 9.47 Å². The standard InChI is InChI=1S/C11H9BrCl2O2/c1-7-5-15-11(6-12,16-7)9-3-2-8(13)4-10(9)14/h2-5H,6H2,1H3. The van der Waals surface area contributed by atoms with Gasteiger partial charge in [0.25, 0.3) is 5.79 Å². The van der Waals surface area contributed by atoms with E-state index in [1.54, 1.807) is 24.5 Å². The molecule has 0 fully saturated rings. The van der Waals surface area contributed by atoms with Gasteiger partial charge in [0.15, 0.2) is 0 Å². The lowest BCUT2D eigenvalue weighted by Gasteiger charge is -2.27. The Morgan fingerprint density at radius 2 is 2.12 bits per heavy atom. The fourth-order valence-electron chi connectivity index (χ4n) is 1.53. The number of benzene rings is 1. The fourth-order valence-corrected chi connectivity index (χ4v) is 2.64. The molecule has 1 aliphatic rings. The molecule has 0 radical (unpaired) electrons. The minimum absolute atomic E-state index is 0.481. The van der Waals surface area contributed by atoms with Crippen molar-refractivity contribution in [1.29, 1.82) is 0 Å². The van der Waals surface area contributed by atoms with E-state index in [4.69, 9.17) is 32.7 Å². The molecule has 0 aliphatic carbocycles. The van der Waals surface area contributed by atoms with Gasteiger partial charge in [0.05, 0.1) is 15.9 Å². The highest BCUT2D eigenvalue weighted by Crippen LogP contribution is 2.40. The van der Waals surface area contributed by atoms with Crippen LogP contribution in [0.3, 0.4) is 0 Å². The molecular weight excluding hydrogens is 315 g/mol. The molecule has 5 heteroatoms. The van der Waals surface area contributed by atoms with E-state index in [-0.39, 0.29) is 0 Å². The number of rotatable bonds is 2. The molecule has 2 nitrogen and oxygen atoms in total. The van der Waals surface area contributed by atoms with Gasteiger partial charge >= 0.3 is 0 Å². The summed E-state index contributed by atoms with van der Waals surface area (Å²) in [5.41, 5.74) is 0.753. The van der Waals surface area contributed by atoms with Crippen LogP contribution in [0.4, 0.5) is 0 Å². The summed E-state index contributed by atoms with van der Waals surface area (Å²) in [6.45, 7) is 1.83. The van der Waals surface area contributed by atoms with Crippen molar-refractivity contribution in [2.45, 2.75) is 12.7 Å². The van der Waals surface area contributed by atoms with Crippen LogP contribution in [0.2, 0.25) is 10.0 Å². The first-order chi connectivity index (χ1) is 7.57. The van der Waals surface area contributed by atoms with Crippen LogP contribution < -0.4 is 0 Å². The topological polar surface area (TPSA) is 18.5 Å². The number of ether oxygens (including phenoxy) is 2. The van der Waals surface area contributed by atoms with E-state index in [9.17, 15) is 0 Å². The van der Waals surface area contributed by atoms with E-state index in [2.05, 4.69) is 15.9 Å². The van der Waals surface area contributed by atoms with E-state index < -0.39 is 5.79 Å². The highest BCUT2D eigenvalue weighted by atomic mass is 79.9. The Morgan fingerprint density at radius 1 is 1.38 bits per heavy atom. The first-order valence-electron chi connectivity index (χ1n) is 4.62. The van der Waals surface area contributed by atoms with Gasteiger partial charge in [0.2, 0.25) is 0 Å².